The predicted molar refractivity (Wildman–Crippen MR) is 108 cm³/mol. The zero-order valence-corrected chi connectivity index (χ0v) is 17.5. The van der Waals surface area contributed by atoms with E-state index in [0.717, 1.165) is 10.9 Å². The zero-order chi connectivity index (χ0) is 21.3. The van der Waals surface area contributed by atoms with Crippen LogP contribution in [-0.4, -0.2) is 46.4 Å². The highest BCUT2D eigenvalue weighted by Gasteiger charge is 2.32. The van der Waals surface area contributed by atoms with E-state index >= 15 is 0 Å². The van der Waals surface area contributed by atoms with E-state index in [1.165, 1.54) is 0 Å². The third-order valence-electron chi connectivity index (χ3n) is 5.60. The van der Waals surface area contributed by atoms with Crippen LogP contribution in [0.5, 0.6) is 0 Å². The lowest BCUT2D eigenvalue weighted by atomic mass is 9.95. The molecule has 0 aliphatic carbocycles. The minimum atomic E-state index is -1.07. The van der Waals surface area contributed by atoms with Crippen LogP contribution >= 0.6 is 11.6 Å². The number of halogens is 1. The molecule has 3 rings (SSSR count). The Morgan fingerprint density at radius 3 is 2.41 bits per heavy atom. The standard InChI is InChI=1S/C21H26ClN3O4/c1-12(2)18(20(27)25-8-6-13(7-9-25)21(28)29)23-19(26)17-11-14-10-15(22)4-5-16(14)24(17)3/h4-5,10-13,18H,6-9H2,1-3H3,(H,23,26)(H,28,29)/p-1/t18-/m0/s1. The minimum Gasteiger partial charge on any atom is -0.550 e. The maximum atomic E-state index is 13.0. The normalized spacial score (nSPS) is 16.2. The van der Waals surface area contributed by atoms with Crippen molar-refractivity contribution in [2.45, 2.75) is 32.7 Å². The van der Waals surface area contributed by atoms with E-state index in [1.807, 2.05) is 19.9 Å². The molecule has 156 valence electrons. The van der Waals surface area contributed by atoms with E-state index in [9.17, 15) is 19.5 Å². The Morgan fingerprint density at radius 2 is 1.83 bits per heavy atom. The summed E-state index contributed by atoms with van der Waals surface area (Å²) in [5, 5.41) is 15.3. The number of carbonyl (C=O) groups excluding carboxylic acids is 3. The second-order valence-corrected chi connectivity index (χ2v) is 8.34. The van der Waals surface area contributed by atoms with Gasteiger partial charge in [0.2, 0.25) is 5.91 Å². The lowest BCUT2D eigenvalue weighted by Gasteiger charge is -2.35. The zero-order valence-electron chi connectivity index (χ0n) is 16.8. The fourth-order valence-corrected chi connectivity index (χ4v) is 3.98. The summed E-state index contributed by atoms with van der Waals surface area (Å²) in [6.45, 7) is 4.45. The number of likely N-dealkylation sites (tertiary alicyclic amines) is 1. The van der Waals surface area contributed by atoms with E-state index in [-0.39, 0.29) is 17.7 Å². The third kappa shape index (κ3) is 4.40. The molecule has 0 radical (unpaired) electrons. The first-order valence-corrected chi connectivity index (χ1v) is 10.1. The lowest BCUT2D eigenvalue weighted by Crippen LogP contribution is -2.54. The maximum Gasteiger partial charge on any atom is 0.268 e. The van der Waals surface area contributed by atoms with Gasteiger partial charge in [0.1, 0.15) is 11.7 Å². The molecule has 1 aliphatic rings. The molecule has 0 bridgehead atoms. The van der Waals surface area contributed by atoms with E-state index in [1.54, 1.807) is 34.7 Å². The summed E-state index contributed by atoms with van der Waals surface area (Å²) in [7, 11) is 1.79. The highest BCUT2D eigenvalue weighted by molar-refractivity contribution is 6.31. The number of carboxylic acids is 1. The quantitative estimate of drug-likeness (QED) is 0.797. The van der Waals surface area contributed by atoms with Gasteiger partial charge in [0.25, 0.3) is 5.91 Å². The number of rotatable bonds is 5. The molecule has 0 spiro atoms. The molecule has 8 heteroatoms. The molecule has 2 heterocycles. The SMILES string of the molecule is CC(C)[C@H](NC(=O)c1cc2cc(Cl)ccc2n1C)C(=O)N1CCC(C(=O)[O-])CC1. The van der Waals surface area contributed by atoms with Crippen LogP contribution in [0.3, 0.4) is 0 Å². The summed E-state index contributed by atoms with van der Waals surface area (Å²) in [5.74, 6) is -2.23. The molecule has 29 heavy (non-hydrogen) atoms. The number of carboxylic acid groups (broad SMARTS) is 1. The molecule has 1 aromatic carbocycles. The monoisotopic (exact) mass is 418 g/mol. The van der Waals surface area contributed by atoms with Gasteiger partial charge in [-0.05, 0) is 43.0 Å². The van der Waals surface area contributed by atoms with E-state index < -0.39 is 17.9 Å². The van der Waals surface area contributed by atoms with Gasteiger partial charge in [0.05, 0.1) is 0 Å². The van der Waals surface area contributed by atoms with Crippen molar-refractivity contribution in [2.24, 2.45) is 18.9 Å². The van der Waals surface area contributed by atoms with Gasteiger partial charge in [-0.2, -0.15) is 0 Å². The molecule has 1 aromatic heterocycles. The number of benzene rings is 1. The van der Waals surface area contributed by atoms with E-state index in [0.29, 0.717) is 36.6 Å². The second-order valence-electron chi connectivity index (χ2n) is 7.91. The maximum absolute atomic E-state index is 13.0. The van der Waals surface area contributed by atoms with Crippen molar-refractivity contribution in [1.82, 2.24) is 14.8 Å². The predicted octanol–water partition coefficient (Wildman–Crippen LogP) is 1.57. The number of hydrogen-bond donors (Lipinski definition) is 1. The summed E-state index contributed by atoms with van der Waals surface area (Å²) in [4.78, 5) is 38.6. The van der Waals surface area contributed by atoms with Crippen LogP contribution in [0, 0.1) is 11.8 Å². The number of carbonyl (C=O) groups is 3. The number of amides is 2. The largest absolute Gasteiger partial charge is 0.550 e. The lowest BCUT2D eigenvalue weighted by molar-refractivity contribution is -0.312. The molecule has 0 unspecified atom stereocenters. The number of nitrogens with one attached hydrogen (secondary N) is 1. The Kier molecular flexibility index (Phi) is 6.17. The van der Waals surface area contributed by atoms with Gasteiger partial charge in [0, 0.05) is 47.9 Å². The third-order valence-corrected chi connectivity index (χ3v) is 5.83. The molecular weight excluding hydrogens is 394 g/mol. The number of aromatic nitrogens is 1. The number of aliphatic carboxylic acids is 1. The Hall–Kier alpha value is -2.54. The molecule has 0 saturated carbocycles. The average Bonchev–Trinajstić information content (AvgIpc) is 3.01. The Morgan fingerprint density at radius 1 is 1.17 bits per heavy atom. The fraction of sp³-hybridized carbons (Fsp3) is 0.476. The number of nitrogens with zero attached hydrogens (tertiary/aromatic N) is 2. The van der Waals surface area contributed by atoms with Crippen molar-refractivity contribution in [3.05, 3.63) is 35.0 Å². The number of aryl methyl sites for hydroxylation is 1. The van der Waals surface area contributed by atoms with Gasteiger partial charge in [-0.1, -0.05) is 25.4 Å². The first-order chi connectivity index (χ1) is 13.7. The minimum absolute atomic E-state index is 0.116. The fourth-order valence-electron chi connectivity index (χ4n) is 3.80. The summed E-state index contributed by atoms with van der Waals surface area (Å²) in [6, 6.07) is 6.47. The van der Waals surface area contributed by atoms with E-state index in [2.05, 4.69) is 5.32 Å². The van der Waals surface area contributed by atoms with Crippen LogP contribution in [0.1, 0.15) is 37.2 Å². The highest BCUT2D eigenvalue weighted by atomic mass is 35.5. The number of piperidine rings is 1. The van der Waals surface area contributed by atoms with E-state index in [4.69, 9.17) is 11.6 Å². The van der Waals surface area contributed by atoms with Crippen LogP contribution in [0.4, 0.5) is 0 Å². The average molecular weight is 419 g/mol. The number of fused-ring (bicyclic) bond motifs is 1. The first-order valence-electron chi connectivity index (χ1n) is 9.74. The Labute approximate surface area is 174 Å². The topological polar surface area (TPSA) is 94.5 Å². The first kappa shape index (κ1) is 21.2. The molecule has 1 fully saturated rings. The molecule has 2 aromatic rings. The molecule has 2 amide bonds. The smallest absolute Gasteiger partial charge is 0.268 e. The van der Waals surface area contributed by atoms with Crippen LogP contribution in [0.2, 0.25) is 5.02 Å². The molecule has 1 N–H and O–H groups in total. The number of hydrogen-bond acceptors (Lipinski definition) is 4. The van der Waals surface area contributed by atoms with Gasteiger partial charge < -0.3 is 24.7 Å². The second kappa shape index (κ2) is 8.45. The van der Waals surface area contributed by atoms with Gasteiger partial charge in [-0.15, -0.1) is 0 Å². The van der Waals surface area contributed by atoms with Gasteiger partial charge >= 0.3 is 0 Å². The Bertz CT molecular complexity index is 945. The molecule has 1 atom stereocenters. The van der Waals surface area contributed by atoms with Crippen molar-refractivity contribution >= 4 is 40.3 Å². The van der Waals surface area contributed by atoms with Gasteiger partial charge in [0.15, 0.2) is 0 Å². The van der Waals surface area contributed by atoms with Crippen molar-refractivity contribution in [2.75, 3.05) is 13.1 Å². The van der Waals surface area contributed by atoms with Crippen LogP contribution in [0.15, 0.2) is 24.3 Å². The van der Waals surface area contributed by atoms with Gasteiger partial charge in [-0.25, -0.2) is 0 Å². The molecule has 7 nitrogen and oxygen atoms in total. The Balaban J connectivity index is 1.75. The molecular formula is C21H25ClN3O4-. The van der Waals surface area contributed by atoms with Crippen molar-refractivity contribution in [3.8, 4) is 0 Å². The van der Waals surface area contributed by atoms with Crippen LogP contribution in [0.25, 0.3) is 10.9 Å². The summed E-state index contributed by atoms with van der Waals surface area (Å²) >= 11 is 6.04. The van der Waals surface area contributed by atoms with Crippen molar-refractivity contribution < 1.29 is 19.5 Å². The van der Waals surface area contributed by atoms with Crippen molar-refractivity contribution in [1.29, 1.82) is 0 Å². The molecule has 1 saturated heterocycles. The van der Waals surface area contributed by atoms with Crippen molar-refractivity contribution in [3.63, 3.8) is 0 Å². The summed E-state index contributed by atoms with van der Waals surface area (Å²) in [6.07, 6.45) is 0.744. The summed E-state index contributed by atoms with van der Waals surface area (Å²) < 4.78 is 1.77. The summed E-state index contributed by atoms with van der Waals surface area (Å²) in [5.41, 5.74) is 1.31. The van der Waals surface area contributed by atoms with Crippen LogP contribution < -0.4 is 10.4 Å². The van der Waals surface area contributed by atoms with Crippen LogP contribution in [-0.2, 0) is 16.6 Å². The van der Waals surface area contributed by atoms with Gasteiger partial charge in [-0.3, -0.25) is 9.59 Å². The highest BCUT2D eigenvalue weighted by Crippen LogP contribution is 2.23. The molecule has 1 aliphatic heterocycles.